The molecule has 0 spiro atoms. The van der Waals surface area contributed by atoms with Gasteiger partial charge in [-0.05, 0) is 58.8 Å². The van der Waals surface area contributed by atoms with Crippen LogP contribution in [0.4, 0.5) is 0 Å². The zero-order chi connectivity index (χ0) is 13.2. The predicted octanol–water partition coefficient (Wildman–Crippen LogP) is 2.43. The van der Waals surface area contributed by atoms with Gasteiger partial charge >= 0.3 is 0 Å². The Hall–Kier alpha value is -0.380. The lowest BCUT2D eigenvalue weighted by Crippen LogP contribution is -2.43. The molecule has 2 fully saturated rings. The summed E-state index contributed by atoms with van der Waals surface area (Å²) in [4.78, 5) is 2.51. The molecule has 2 aliphatic heterocycles. The van der Waals surface area contributed by atoms with Crippen LogP contribution in [-0.4, -0.2) is 49.8 Å². The third-order valence-electron chi connectivity index (χ3n) is 3.58. The van der Waals surface area contributed by atoms with Crippen LogP contribution in [0.3, 0.4) is 0 Å². The molecule has 0 aliphatic carbocycles. The van der Waals surface area contributed by atoms with Gasteiger partial charge in [-0.3, -0.25) is 0 Å². The van der Waals surface area contributed by atoms with Gasteiger partial charge in [0.1, 0.15) is 0 Å². The standard InChI is InChI=1S/C12H24N2O.C3H6/c1-2-14-9-3-4-12(10-14)15-11-5-7-13-8-6-11;1-3-2/h11-13H,2-10H2,1H3;3H,1H2,2H3. The fraction of sp³-hybridized carbons (Fsp3) is 0.867. The number of ether oxygens (including phenoxy) is 1. The highest BCUT2D eigenvalue weighted by atomic mass is 16.5. The molecule has 0 aromatic carbocycles. The Morgan fingerprint density at radius 1 is 1.28 bits per heavy atom. The number of rotatable bonds is 3. The topological polar surface area (TPSA) is 24.5 Å². The highest BCUT2D eigenvalue weighted by molar-refractivity contribution is 4.76. The molecule has 18 heavy (non-hydrogen) atoms. The van der Waals surface area contributed by atoms with Crippen LogP contribution in [0.1, 0.15) is 39.5 Å². The van der Waals surface area contributed by atoms with Crippen LogP contribution in [0.25, 0.3) is 0 Å². The summed E-state index contributed by atoms with van der Waals surface area (Å²) in [6.07, 6.45) is 7.74. The maximum absolute atomic E-state index is 6.18. The van der Waals surface area contributed by atoms with Crippen molar-refractivity contribution in [1.82, 2.24) is 10.2 Å². The van der Waals surface area contributed by atoms with Crippen LogP contribution in [0.2, 0.25) is 0 Å². The van der Waals surface area contributed by atoms with Gasteiger partial charge in [0, 0.05) is 6.54 Å². The number of allylic oxidation sites excluding steroid dienone is 1. The number of nitrogens with one attached hydrogen (secondary N) is 1. The molecule has 2 heterocycles. The van der Waals surface area contributed by atoms with Crippen molar-refractivity contribution < 1.29 is 4.74 Å². The maximum atomic E-state index is 6.18. The quantitative estimate of drug-likeness (QED) is 0.783. The maximum Gasteiger partial charge on any atom is 0.0706 e. The second kappa shape index (κ2) is 9.54. The van der Waals surface area contributed by atoms with E-state index in [1.807, 2.05) is 6.92 Å². The van der Waals surface area contributed by atoms with Crippen LogP contribution in [0.5, 0.6) is 0 Å². The Balaban J connectivity index is 0.000000492. The van der Waals surface area contributed by atoms with Gasteiger partial charge in [-0.1, -0.05) is 13.0 Å². The van der Waals surface area contributed by atoms with Crippen molar-refractivity contribution >= 4 is 0 Å². The van der Waals surface area contributed by atoms with Crippen molar-refractivity contribution in [3.8, 4) is 0 Å². The van der Waals surface area contributed by atoms with Crippen molar-refractivity contribution in [2.75, 3.05) is 32.7 Å². The van der Waals surface area contributed by atoms with Gasteiger partial charge in [-0.15, -0.1) is 6.58 Å². The summed E-state index contributed by atoms with van der Waals surface area (Å²) in [5.74, 6) is 0. The summed E-state index contributed by atoms with van der Waals surface area (Å²) >= 11 is 0. The fourth-order valence-electron chi connectivity index (χ4n) is 2.62. The van der Waals surface area contributed by atoms with Gasteiger partial charge in [-0.25, -0.2) is 0 Å². The number of likely N-dealkylation sites (N-methyl/N-ethyl adjacent to an activating group) is 1. The normalized spacial score (nSPS) is 26.2. The molecule has 2 saturated heterocycles. The lowest BCUT2D eigenvalue weighted by molar-refractivity contribution is -0.0572. The lowest BCUT2D eigenvalue weighted by atomic mass is 10.1. The van der Waals surface area contributed by atoms with E-state index in [1.165, 1.54) is 38.8 Å². The second-order valence-corrected chi connectivity index (χ2v) is 5.15. The van der Waals surface area contributed by atoms with E-state index in [0.29, 0.717) is 12.2 Å². The third kappa shape index (κ3) is 5.98. The molecule has 0 aromatic rings. The monoisotopic (exact) mass is 254 g/mol. The van der Waals surface area contributed by atoms with E-state index in [0.717, 1.165) is 19.6 Å². The average Bonchev–Trinajstić information content (AvgIpc) is 2.41. The minimum absolute atomic E-state index is 0.502. The first-order valence-corrected chi connectivity index (χ1v) is 7.45. The van der Waals surface area contributed by atoms with Crippen molar-refractivity contribution in [2.24, 2.45) is 0 Å². The van der Waals surface area contributed by atoms with Gasteiger partial charge in [0.2, 0.25) is 0 Å². The summed E-state index contributed by atoms with van der Waals surface area (Å²) in [5.41, 5.74) is 0. The highest BCUT2D eigenvalue weighted by Crippen LogP contribution is 2.17. The largest absolute Gasteiger partial charge is 0.374 e. The molecule has 0 saturated carbocycles. The number of hydrogen-bond donors (Lipinski definition) is 1. The number of likely N-dealkylation sites (tertiary alicyclic amines) is 1. The zero-order valence-electron chi connectivity index (χ0n) is 12.2. The molecular weight excluding hydrogens is 224 g/mol. The summed E-state index contributed by atoms with van der Waals surface area (Å²) in [7, 11) is 0. The smallest absolute Gasteiger partial charge is 0.0706 e. The summed E-state index contributed by atoms with van der Waals surface area (Å²) in [5, 5.41) is 3.38. The average molecular weight is 254 g/mol. The molecule has 0 bridgehead atoms. The minimum Gasteiger partial charge on any atom is -0.374 e. The van der Waals surface area contributed by atoms with Gasteiger partial charge in [0.25, 0.3) is 0 Å². The van der Waals surface area contributed by atoms with E-state index < -0.39 is 0 Å². The predicted molar refractivity (Wildman–Crippen MR) is 78.0 cm³/mol. The molecule has 1 unspecified atom stereocenters. The number of hydrogen-bond acceptors (Lipinski definition) is 3. The van der Waals surface area contributed by atoms with E-state index in [4.69, 9.17) is 4.74 Å². The van der Waals surface area contributed by atoms with Gasteiger partial charge in [-0.2, -0.15) is 0 Å². The van der Waals surface area contributed by atoms with E-state index in [9.17, 15) is 0 Å². The lowest BCUT2D eigenvalue weighted by Gasteiger charge is -2.35. The van der Waals surface area contributed by atoms with E-state index >= 15 is 0 Å². The van der Waals surface area contributed by atoms with Crippen molar-refractivity contribution in [3.63, 3.8) is 0 Å². The van der Waals surface area contributed by atoms with Gasteiger partial charge < -0.3 is 15.0 Å². The van der Waals surface area contributed by atoms with Crippen molar-refractivity contribution in [2.45, 2.75) is 51.7 Å². The van der Waals surface area contributed by atoms with Gasteiger partial charge in [0.05, 0.1) is 12.2 Å². The Labute approximate surface area is 113 Å². The summed E-state index contributed by atoms with van der Waals surface area (Å²) in [6.45, 7) is 13.4. The summed E-state index contributed by atoms with van der Waals surface area (Å²) < 4.78 is 6.18. The van der Waals surface area contributed by atoms with Crippen molar-refractivity contribution in [1.29, 1.82) is 0 Å². The molecule has 0 aromatic heterocycles. The molecule has 0 amide bonds. The Morgan fingerprint density at radius 3 is 2.56 bits per heavy atom. The highest BCUT2D eigenvalue weighted by Gasteiger charge is 2.23. The molecule has 106 valence electrons. The van der Waals surface area contributed by atoms with Crippen LogP contribution < -0.4 is 5.32 Å². The molecular formula is C15H30N2O. The molecule has 2 aliphatic rings. The van der Waals surface area contributed by atoms with E-state index in [2.05, 4.69) is 23.7 Å². The van der Waals surface area contributed by atoms with Gasteiger partial charge in [0.15, 0.2) is 0 Å². The minimum atomic E-state index is 0.502. The molecule has 3 heteroatoms. The first kappa shape index (κ1) is 15.7. The molecule has 3 nitrogen and oxygen atoms in total. The van der Waals surface area contributed by atoms with Crippen LogP contribution in [-0.2, 0) is 4.74 Å². The van der Waals surface area contributed by atoms with Crippen LogP contribution >= 0.6 is 0 Å². The fourth-order valence-corrected chi connectivity index (χ4v) is 2.62. The molecule has 1 atom stereocenters. The Morgan fingerprint density at radius 2 is 1.94 bits per heavy atom. The Kier molecular flexibility index (Phi) is 8.31. The molecule has 1 N–H and O–H groups in total. The van der Waals surface area contributed by atoms with Crippen molar-refractivity contribution in [3.05, 3.63) is 12.7 Å². The Bertz CT molecular complexity index is 215. The van der Waals surface area contributed by atoms with E-state index in [-0.39, 0.29) is 0 Å². The van der Waals surface area contributed by atoms with Crippen LogP contribution in [0, 0.1) is 0 Å². The van der Waals surface area contributed by atoms with E-state index in [1.54, 1.807) is 6.08 Å². The first-order valence-electron chi connectivity index (χ1n) is 7.45. The zero-order valence-corrected chi connectivity index (χ0v) is 12.2. The van der Waals surface area contributed by atoms with Crippen LogP contribution in [0.15, 0.2) is 12.7 Å². The second-order valence-electron chi connectivity index (χ2n) is 5.15. The summed E-state index contributed by atoms with van der Waals surface area (Å²) in [6, 6.07) is 0. The third-order valence-corrected chi connectivity index (χ3v) is 3.58. The molecule has 0 radical (unpaired) electrons. The molecule has 2 rings (SSSR count). The number of piperidine rings is 2. The first-order chi connectivity index (χ1) is 8.80. The number of nitrogens with zero attached hydrogens (tertiary/aromatic N) is 1. The SMILES string of the molecule is C=CC.CCN1CCCC(OC2CCNCC2)C1.